The van der Waals surface area contributed by atoms with E-state index in [2.05, 4.69) is 47.5 Å². The fourth-order valence-corrected chi connectivity index (χ4v) is 3.37. The van der Waals surface area contributed by atoms with E-state index >= 15 is 0 Å². The number of nitrogens with one attached hydrogen (secondary N) is 1. The molecule has 1 atom stereocenters. The molecule has 2 fully saturated rings. The summed E-state index contributed by atoms with van der Waals surface area (Å²) in [5.74, 6) is 0. The number of piperazine rings is 1. The first-order valence-electron chi connectivity index (χ1n) is 7.27. The summed E-state index contributed by atoms with van der Waals surface area (Å²) in [6, 6.07) is 11.5. The molecule has 0 bridgehead atoms. The van der Waals surface area contributed by atoms with Crippen LogP contribution in [0, 0.1) is 5.41 Å². The van der Waals surface area contributed by atoms with E-state index < -0.39 is 0 Å². The molecular formula is C16H24N2. The first-order valence-corrected chi connectivity index (χ1v) is 7.27. The molecule has 1 aliphatic carbocycles. The fourth-order valence-electron chi connectivity index (χ4n) is 3.37. The molecule has 0 amide bonds. The van der Waals surface area contributed by atoms with Gasteiger partial charge in [0.1, 0.15) is 0 Å². The number of benzene rings is 1. The Hall–Kier alpha value is -0.860. The average molecular weight is 244 g/mol. The van der Waals surface area contributed by atoms with E-state index in [4.69, 9.17) is 0 Å². The zero-order valence-electron chi connectivity index (χ0n) is 11.4. The fraction of sp³-hybridized carbons (Fsp3) is 0.625. The zero-order valence-corrected chi connectivity index (χ0v) is 11.4. The zero-order chi connectivity index (χ0) is 12.4. The van der Waals surface area contributed by atoms with Crippen molar-refractivity contribution in [3.05, 3.63) is 35.9 Å². The number of nitrogens with zero attached hydrogens (tertiary/aromatic N) is 1. The molecule has 1 unspecified atom stereocenters. The van der Waals surface area contributed by atoms with Crippen LogP contribution in [-0.4, -0.2) is 31.1 Å². The van der Waals surface area contributed by atoms with E-state index in [1.165, 1.54) is 37.9 Å². The second-order valence-corrected chi connectivity index (χ2v) is 6.27. The smallest absolute Gasteiger partial charge is 0.0473 e. The Kier molecular flexibility index (Phi) is 3.40. The van der Waals surface area contributed by atoms with E-state index in [9.17, 15) is 0 Å². The summed E-state index contributed by atoms with van der Waals surface area (Å²) >= 11 is 0. The van der Waals surface area contributed by atoms with Crippen LogP contribution in [-0.2, 0) is 0 Å². The van der Waals surface area contributed by atoms with Crippen molar-refractivity contribution in [2.75, 3.05) is 26.2 Å². The largest absolute Gasteiger partial charge is 0.314 e. The normalized spacial score (nSPS) is 27.7. The predicted molar refractivity (Wildman–Crippen MR) is 75.6 cm³/mol. The Bertz CT molecular complexity index is 383. The minimum atomic E-state index is 0.567. The Labute approximate surface area is 110 Å². The van der Waals surface area contributed by atoms with Gasteiger partial charge in [0.05, 0.1) is 0 Å². The van der Waals surface area contributed by atoms with Gasteiger partial charge in [0.2, 0.25) is 0 Å². The summed E-state index contributed by atoms with van der Waals surface area (Å²) in [5.41, 5.74) is 2.05. The molecule has 1 N–H and O–H groups in total. The maximum atomic E-state index is 3.54. The highest BCUT2D eigenvalue weighted by molar-refractivity contribution is 5.20. The molecule has 1 aromatic carbocycles. The maximum absolute atomic E-state index is 3.54. The second-order valence-electron chi connectivity index (χ2n) is 6.27. The van der Waals surface area contributed by atoms with Crippen molar-refractivity contribution < 1.29 is 0 Å². The van der Waals surface area contributed by atoms with Gasteiger partial charge in [-0.2, -0.15) is 0 Å². The van der Waals surface area contributed by atoms with Crippen LogP contribution in [0.15, 0.2) is 30.3 Å². The third kappa shape index (κ3) is 2.45. The first-order chi connectivity index (χ1) is 8.77. The van der Waals surface area contributed by atoms with E-state index in [0.29, 0.717) is 11.5 Å². The summed E-state index contributed by atoms with van der Waals surface area (Å²) in [5, 5.41) is 3.54. The van der Waals surface area contributed by atoms with Crippen LogP contribution >= 0.6 is 0 Å². The second kappa shape index (κ2) is 5.02. The standard InChI is InChI=1S/C16H24N2/c1-16(8-5-9-16)13-18-11-10-17-12-15(18)14-6-3-2-4-7-14/h2-4,6-7,15,17H,5,8-13H2,1H3. The Morgan fingerprint density at radius 1 is 1.28 bits per heavy atom. The van der Waals surface area contributed by atoms with Crippen molar-refractivity contribution in [3.8, 4) is 0 Å². The van der Waals surface area contributed by atoms with Crippen LogP contribution < -0.4 is 5.32 Å². The molecule has 2 heteroatoms. The Morgan fingerprint density at radius 2 is 2.06 bits per heavy atom. The van der Waals surface area contributed by atoms with Crippen LogP contribution in [0.1, 0.15) is 37.8 Å². The van der Waals surface area contributed by atoms with Crippen molar-refractivity contribution >= 4 is 0 Å². The van der Waals surface area contributed by atoms with Gasteiger partial charge >= 0.3 is 0 Å². The lowest BCUT2D eigenvalue weighted by Gasteiger charge is -2.46. The Balaban J connectivity index is 1.74. The van der Waals surface area contributed by atoms with Gasteiger partial charge in [-0.1, -0.05) is 43.7 Å². The number of hydrogen-bond acceptors (Lipinski definition) is 2. The topological polar surface area (TPSA) is 15.3 Å². The molecule has 98 valence electrons. The molecule has 1 saturated carbocycles. The van der Waals surface area contributed by atoms with Crippen LogP contribution in [0.4, 0.5) is 0 Å². The molecule has 18 heavy (non-hydrogen) atoms. The Morgan fingerprint density at radius 3 is 2.72 bits per heavy atom. The summed E-state index contributed by atoms with van der Waals surface area (Å²) < 4.78 is 0. The third-order valence-corrected chi connectivity index (χ3v) is 4.68. The molecule has 1 aromatic rings. The number of rotatable bonds is 3. The van der Waals surface area contributed by atoms with Crippen LogP contribution in [0.5, 0.6) is 0 Å². The minimum absolute atomic E-state index is 0.567. The maximum Gasteiger partial charge on any atom is 0.0473 e. The molecular weight excluding hydrogens is 220 g/mol. The monoisotopic (exact) mass is 244 g/mol. The lowest BCUT2D eigenvalue weighted by Crippen LogP contribution is -2.50. The van der Waals surface area contributed by atoms with Crippen molar-refractivity contribution in [3.63, 3.8) is 0 Å². The summed E-state index contributed by atoms with van der Waals surface area (Å²) in [7, 11) is 0. The van der Waals surface area contributed by atoms with Crippen LogP contribution in [0.2, 0.25) is 0 Å². The van der Waals surface area contributed by atoms with Gasteiger partial charge in [-0.15, -0.1) is 0 Å². The van der Waals surface area contributed by atoms with E-state index in [-0.39, 0.29) is 0 Å². The van der Waals surface area contributed by atoms with Crippen molar-refractivity contribution in [2.45, 2.75) is 32.2 Å². The molecule has 2 aliphatic rings. The van der Waals surface area contributed by atoms with Gasteiger partial charge in [-0.25, -0.2) is 0 Å². The molecule has 3 rings (SSSR count). The van der Waals surface area contributed by atoms with Crippen molar-refractivity contribution in [2.24, 2.45) is 5.41 Å². The lowest BCUT2D eigenvalue weighted by molar-refractivity contribution is 0.0478. The molecule has 0 radical (unpaired) electrons. The van der Waals surface area contributed by atoms with Crippen LogP contribution in [0.3, 0.4) is 0 Å². The molecule has 1 aliphatic heterocycles. The highest BCUT2D eigenvalue weighted by atomic mass is 15.2. The van der Waals surface area contributed by atoms with Crippen molar-refractivity contribution in [1.82, 2.24) is 10.2 Å². The molecule has 2 nitrogen and oxygen atoms in total. The summed E-state index contributed by atoms with van der Waals surface area (Å²) in [6.45, 7) is 7.16. The number of hydrogen-bond donors (Lipinski definition) is 1. The highest BCUT2D eigenvalue weighted by Gasteiger charge is 2.36. The summed E-state index contributed by atoms with van der Waals surface area (Å²) in [4.78, 5) is 2.70. The predicted octanol–water partition coefficient (Wildman–Crippen LogP) is 2.82. The van der Waals surface area contributed by atoms with E-state index in [0.717, 1.165) is 13.1 Å². The van der Waals surface area contributed by atoms with Gasteiger partial charge in [-0.3, -0.25) is 4.90 Å². The van der Waals surface area contributed by atoms with Crippen molar-refractivity contribution in [1.29, 1.82) is 0 Å². The lowest BCUT2D eigenvalue weighted by atomic mass is 9.70. The van der Waals surface area contributed by atoms with E-state index in [1.807, 2.05) is 0 Å². The van der Waals surface area contributed by atoms with Gasteiger partial charge < -0.3 is 5.32 Å². The van der Waals surface area contributed by atoms with Gasteiger partial charge in [0.25, 0.3) is 0 Å². The summed E-state index contributed by atoms with van der Waals surface area (Å²) in [6.07, 6.45) is 4.26. The van der Waals surface area contributed by atoms with Crippen LogP contribution in [0.25, 0.3) is 0 Å². The first kappa shape index (κ1) is 12.2. The SMILES string of the molecule is CC1(CN2CCNCC2c2ccccc2)CCC1. The van der Waals surface area contributed by atoms with Gasteiger partial charge in [0, 0.05) is 32.2 Å². The molecule has 0 spiro atoms. The molecule has 0 aromatic heterocycles. The van der Waals surface area contributed by atoms with Gasteiger partial charge in [-0.05, 0) is 23.8 Å². The van der Waals surface area contributed by atoms with E-state index in [1.54, 1.807) is 0 Å². The average Bonchev–Trinajstić information content (AvgIpc) is 2.39. The molecule has 1 heterocycles. The minimum Gasteiger partial charge on any atom is -0.314 e. The quantitative estimate of drug-likeness (QED) is 0.879. The van der Waals surface area contributed by atoms with Gasteiger partial charge in [0.15, 0.2) is 0 Å². The molecule has 1 saturated heterocycles. The highest BCUT2D eigenvalue weighted by Crippen LogP contribution is 2.42. The third-order valence-electron chi connectivity index (χ3n) is 4.68.